The standard InChI is InChI=1S/C59H115N15O10/c1-13-39(12)49(59(84)68-42(24-16-20-28-62)52(77)66-41(23-15-19-27-61)53(78)71-47(33-37(8)9)56(81)69-44(50(65)75)30-34(2)3)74-58(83)48(38(10)11)73-54(79)43(25-17-21-29-63)67-55(80)46(32-36(6)7)72-57(82)45(31-35(4)5)70-51(76)40(64)22-14-18-26-60/h34-49H,13-33,60-64H2,1-12H3,(H2,65,75)(H,66,77)(H,67,80)(H,68,84)(H,69,81)(H,70,76)(H,71,78)(H,72,82)(H,73,79)(H,74,83)/t39-,40-,41-,42-,43-,44-,45-,46-,47-,48-,49-/m0/s1. The Kier molecular flexibility index (Phi) is 40.3. The number of amides is 10. The van der Waals surface area contributed by atoms with Crippen LogP contribution in [0.5, 0.6) is 0 Å². The van der Waals surface area contributed by atoms with Crippen molar-refractivity contribution in [1.29, 1.82) is 0 Å². The number of rotatable bonds is 46. The molecule has 0 heterocycles. The molecule has 0 saturated carbocycles. The van der Waals surface area contributed by atoms with Crippen molar-refractivity contribution in [2.24, 2.45) is 69.9 Å². The third-order valence-corrected chi connectivity index (χ3v) is 14.5. The maximum Gasteiger partial charge on any atom is 0.243 e. The third kappa shape index (κ3) is 32.1. The van der Waals surface area contributed by atoms with Gasteiger partial charge < -0.3 is 82.3 Å². The number of hydrogen-bond acceptors (Lipinski definition) is 15. The smallest absolute Gasteiger partial charge is 0.243 e. The number of carbonyl (C=O) groups excluding carboxylic acids is 10. The number of nitrogens with one attached hydrogen (secondary N) is 9. The van der Waals surface area contributed by atoms with Crippen molar-refractivity contribution in [3.63, 3.8) is 0 Å². The average Bonchev–Trinajstić information content (AvgIpc) is 3.59. The normalized spacial score (nSPS) is 15.5. The van der Waals surface area contributed by atoms with Crippen molar-refractivity contribution in [1.82, 2.24) is 47.9 Å². The molecule has 0 aromatic rings. The molecule has 11 atom stereocenters. The fourth-order valence-corrected chi connectivity index (χ4v) is 9.39. The van der Waals surface area contributed by atoms with Crippen LogP contribution < -0.4 is 82.3 Å². The second-order valence-corrected chi connectivity index (χ2v) is 24.7. The van der Waals surface area contributed by atoms with Gasteiger partial charge in [0.05, 0.1) is 6.04 Å². The van der Waals surface area contributed by atoms with Gasteiger partial charge in [-0.25, -0.2) is 0 Å². The van der Waals surface area contributed by atoms with Gasteiger partial charge in [0.25, 0.3) is 0 Å². The van der Waals surface area contributed by atoms with Gasteiger partial charge in [0.15, 0.2) is 0 Å². The van der Waals surface area contributed by atoms with Gasteiger partial charge in [0.1, 0.15) is 54.4 Å². The molecule has 0 aliphatic rings. The van der Waals surface area contributed by atoms with Crippen LogP contribution in [0.15, 0.2) is 0 Å². The molecule has 21 N–H and O–H groups in total. The second-order valence-electron chi connectivity index (χ2n) is 24.7. The van der Waals surface area contributed by atoms with Crippen LogP contribution in [0.25, 0.3) is 0 Å². The molecule has 0 unspecified atom stereocenters. The van der Waals surface area contributed by atoms with Crippen LogP contribution in [0, 0.1) is 35.5 Å². The van der Waals surface area contributed by atoms with Gasteiger partial charge in [-0.1, -0.05) is 95.9 Å². The molecule has 0 aliphatic heterocycles. The van der Waals surface area contributed by atoms with Gasteiger partial charge in [0, 0.05) is 0 Å². The first-order chi connectivity index (χ1) is 39.5. The van der Waals surface area contributed by atoms with E-state index in [2.05, 4.69) is 47.9 Å². The number of carbonyl (C=O) groups is 10. The molecular formula is C59H115N15O10. The second kappa shape index (κ2) is 43.2. The van der Waals surface area contributed by atoms with E-state index in [0.717, 1.165) is 0 Å². The van der Waals surface area contributed by atoms with Gasteiger partial charge in [0.2, 0.25) is 59.1 Å². The zero-order valence-corrected chi connectivity index (χ0v) is 53.1. The first-order valence-electron chi connectivity index (χ1n) is 31.1. The van der Waals surface area contributed by atoms with Gasteiger partial charge in [-0.2, -0.15) is 0 Å². The lowest BCUT2D eigenvalue weighted by molar-refractivity contribution is -0.137. The Hall–Kier alpha value is -5.50. The Morgan fingerprint density at radius 1 is 0.321 bits per heavy atom. The molecule has 0 aromatic heterocycles. The minimum absolute atomic E-state index is 0.0194. The fraction of sp³-hybridized carbons (Fsp3) is 0.831. The number of unbranched alkanes of at least 4 members (excludes halogenated alkanes) is 4. The summed E-state index contributed by atoms with van der Waals surface area (Å²) in [5.41, 5.74) is 34.9. The molecular weight excluding hydrogens is 1080 g/mol. The van der Waals surface area contributed by atoms with Crippen LogP contribution in [0.4, 0.5) is 0 Å². The van der Waals surface area contributed by atoms with E-state index in [4.69, 9.17) is 34.4 Å². The zero-order valence-electron chi connectivity index (χ0n) is 53.1. The summed E-state index contributed by atoms with van der Waals surface area (Å²) in [5, 5.41) is 25.2. The highest BCUT2D eigenvalue weighted by molar-refractivity contribution is 5.98. The maximum atomic E-state index is 14.5. The lowest BCUT2D eigenvalue weighted by Crippen LogP contribution is -2.62. The molecule has 25 heteroatoms. The van der Waals surface area contributed by atoms with E-state index in [9.17, 15) is 47.9 Å². The van der Waals surface area contributed by atoms with E-state index >= 15 is 0 Å². The van der Waals surface area contributed by atoms with Gasteiger partial charge in [-0.05, 0) is 158 Å². The van der Waals surface area contributed by atoms with Crippen LogP contribution >= 0.6 is 0 Å². The number of nitrogens with two attached hydrogens (primary N) is 6. The first kappa shape index (κ1) is 78.5. The predicted molar refractivity (Wildman–Crippen MR) is 328 cm³/mol. The van der Waals surface area contributed by atoms with E-state index in [1.807, 2.05) is 62.3 Å². The highest BCUT2D eigenvalue weighted by Crippen LogP contribution is 2.16. The monoisotopic (exact) mass is 1190 g/mol. The summed E-state index contributed by atoms with van der Waals surface area (Å²) in [6.07, 6.45) is 6.23. The number of primary amides is 1. The average molecular weight is 1190 g/mol. The van der Waals surface area contributed by atoms with Gasteiger partial charge in [-0.15, -0.1) is 0 Å². The molecule has 0 fully saturated rings. The molecule has 0 rings (SSSR count). The van der Waals surface area contributed by atoms with E-state index in [1.54, 1.807) is 20.8 Å². The van der Waals surface area contributed by atoms with Crippen LogP contribution in [-0.2, 0) is 47.9 Å². The van der Waals surface area contributed by atoms with Crippen molar-refractivity contribution in [3.8, 4) is 0 Å². The summed E-state index contributed by atoms with van der Waals surface area (Å²) >= 11 is 0. The molecule has 25 nitrogen and oxygen atoms in total. The quantitative estimate of drug-likeness (QED) is 0.0371. The van der Waals surface area contributed by atoms with E-state index in [1.165, 1.54) is 0 Å². The summed E-state index contributed by atoms with van der Waals surface area (Å²) < 4.78 is 0. The Labute approximate surface area is 502 Å². The van der Waals surface area contributed by atoms with Crippen molar-refractivity contribution in [3.05, 3.63) is 0 Å². The van der Waals surface area contributed by atoms with Crippen LogP contribution in [-0.4, -0.2) is 146 Å². The summed E-state index contributed by atoms with van der Waals surface area (Å²) in [5.74, 6) is -7.71. The molecule has 0 spiro atoms. The van der Waals surface area contributed by atoms with E-state index < -0.39 is 131 Å². The highest BCUT2D eigenvalue weighted by atomic mass is 16.2. The Morgan fingerprint density at radius 2 is 0.583 bits per heavy atom. The van der Waals surface area contributed by atoms with Gasteiger partial charge >= 0.3 is 0 Å². The van der Waals surface area contributed by atoms with Crippen molar-refractivity contribution < 1.29 is 47.9 Å². The minimum Gasteiger partial charge on any atom is -0.368 e. The Balaban J connectivity index is 6.87. The maximum absolute atomic E-state index is 14.5. The van der Waals surface area contributed by atoms with Crippen molar-refractivity contribution in [2.75, 3.05) is 26.2 Å². The molecule has 0 radical (unpaired) electrons. The fourth-order valence-electron chi connectivity index (χ4n) is 9.39. The minimum atomic E-state index is -1.23. The Bertz CT molecular complexity index is 2010. The van der Waals surface area contributed by atoms with Crippen molar-refractivity contribution >= 4 is 59.1 Å². The SMILES string of the molecule is CC[C@H](C)[C@H](NC(=O)[C@@H](NC(=O)[C@H](CCCCN)NC(=O)[C@H](CC(C)C)NC(=O)[C@H](CC(C)C)NC(=O)[C@@H](N)CCCCN)C(C)C)C(=O)N[C@@H](CCCCN)C(=O)N[C@@H](CCCCN)C(=O)N[C@@H](CC(C)C)C(=O)N[C@@H](CC(C)C)C(N)=O. The van der Waals surface area contributed by atoms with Crippen LogP contribution in [0.3, 0.4) is 0 Å². The van der Waals surface area contributed by atoms with Gasteiger partial charge in [-0.3, -0.25) is 47.9 Å². The summed E-state index contributed by atoms with van der Waals surface area (Å²) in [6, 6.07) is -11.1. The lowest BCUT2D eigenvalue weighted by atomic mass is 9.95. The first-order valence-corrected chi connectivity index (χ1v) is 31.1. The third-order valence-electron chi connectivity index (χ3n) is 14.5. The molecule has 84 heavy (non-hydrogen) atoms. The summed E-state index contributed by atoms with van der Waals surface area (Å²) in [6.45, 7) is 23.4. The zero-order chi connectivity index (χ0) is 64.2. The molecule has 0 saturated heterocycles. The Morgan fingerprint density at radius 3 is 0.905 bits per heavy atom. The van der Waals surface area contributed by atoms with E-state index in [-0.39, 0.29) is 68.6 Å². The molecule has 0 aliphatic carbocycles. The summed E-state index contributed by atoms with van der Waals surface area (Å²) in [7, 11) is 0. The predicted octanol–water partition coefficient (Wildman–Crippen LogP) is 0.565. The van der Waals surface area contributed by atoms with Crippen LogP contribution in [0.1, 0.15) is 192 Å². The van der Waals surface area contributed by atoms with Crippen LogP contribution in [0.2, 0.25) is 0 Å². The molecule has 10 amide bonds. The number of hydrogen-bond donors (Lipinski definition) is 15. The molecule has 486 valence electrons. The van der Waals surface area contributed by atoms with E-state index in [0.29, 0.717) is 90.4 Å². The highest BCUT2D eigenvalue weighted by Gasteiger charge is 2.37. The lowest BCUT2D eigenvalue weighted by Gasteiger charge is -2.31. The largest absolute Gasteiger partial charge is 0.368 e. The summed E-state index contributed by atoms with van der Waals surface area (Å²) in [4.78, 5) is 139. The topological polar surface area (TPSA) is 435 Å². The molecule has 0 aromatic carbocycles. The molecule has 0 bridgehead atoms. The van der Waals surface area contributed by atoms with Crippen molar-refractivity contribution in [2.45, 2.75) is 253 Å².